The number of carbonyl (C=O) groups is 4. The topological polar surface area (TPSA) is 194 Å². The monoisotopic (exact) mass is 533 g/mol. The van der Waals surface area contributed by atoms with Crippen LogP contribution in [-0.2, 0) is 29.0 Å². The van der Waals surface area contributed by atoms with Crippen LogP contribution in [0.2, 0.25) is 5.02 Å². The van der Waals surface area contributed by atoms with E-state index in [0.717, 1.165) is 23.5 Å². The SMILES string of the molecule is COCCOC(=O)c1c(NC(=O)COC(=O)c2ccc(Cl)c(S(N)(=O)=O)c2)sc(C(N)=O)c1C. The highest BCUT2D eigenvalue weighted by molar-refractivity contribution is 7.89. The van der Waals surface area contributed by atoms with Crippen molar-refractivity contribution < 1.29 is 41.8 Å². The molecule has 1 aromatic carbocycles. The molecule has 0 saturated heterocycles. The van der Waals surface area contributed by atoms with Crippen molar-refractivity contribution in [2.45, 2.75) is 11.8 Å². The number of primary amides is 1. The van der Waals surface area contributed by atoms with Crippen LogP contribution in [0.1, 0.15) is 36.0 Å². The van der Waals surface area contributed by atoms with Gasteiger partial charge in [0.1, 0.15) is 16.5 Å². The number of methoxy groups -OCH3 is 1. The summed E-state index contributed by atoms with van der Waals surface area (Å²) in [6, 6.07) is 3.24. The molecule has 0 spiro atoms. The van der Waals surface area contributed by atoms with Crippen molar-refractivity contribution in [3.05, 3.63) is 44.8 Å². The van der Waals surface area contributed by atoms with Crippen molar-refractivity contribution in [3.63, 3.8) is 0 Å². The zero-order valence-electron chi connectivity index (χ0n) is 17.9. The van der Waals surface area contributed by atoms with Crippen molar-refractivity contribution in [1.29, 1.82) is 0 Å². The maximum Gasteiger partial charge on any atom is 0.341 e. The fourth-order valence-corrected chi connectivity index (χ4v) is 4.73. The third-order valence-corrected chi connectivity index (χ3v) is 6.77. The van der Waals surface area contributed by atoms with Crippen LogP contribution in [0.15, 0.2) is 23.1 Å². The number of thiophene rings is 1. The molecular formula is C19H20ClN3O9S2. The summed E-state index contributed by atoms with van der Waals surface area (Å²) in [4.78, 5) is 48.2. The molecule has 0 bridgehead atoms. The lowest BCUT2D eigenvalue weighted by Crippen LogP contribution is -2.22. The molecule has 0 atom stereocenters. The number of anilines is 1. The molecule has 5 N–H and O–H groups in total. The van der Waals surface area contributed by atoms with Crippen LogP contribution in [0.25, 0.3) is 0 Å². The van der Waals surface area contributed by atoms with E-state index in [-0.39, 0.29) is 44.8 Å². The highest BCUT2D eigenvalue weighted by Crippen LogP contribution is 2.33. The van der Waals surface area contributed by atoms with E-state index in [2.05, 4.69) is 5.32 Å². The smallest absolute Gasteiger partial charge is 0.341 e. The number of sulfonamides is 1. The largest absolute Gasteiger partial charge is 0.460 e. The molecule has 15 heteroatoms. The number of rotatable bonds is 10. The van der Waals surface area contributed by atoms with Gasteiger partial charge in [-0.3, -0.25) is 9.59 Å². The standard InChI is InChI=1S/C19H20ClN3O9S2/c1-9-14(19(27)31-6-5-30-2)17(33-15(9)16(21)25)23-13(24)8-32-18(26)10-3-4-11(20)12(7-10)34(22,28)29/h3-4,7H,5-6,8H2,1-2H3,(H2,21,25)(H,23,24)(H2,22,28,29). The minimum atomic E-state index is -4.20. The van der Waals surface area contributed by atoms with Gasteiger partial charge in [-0.15, -0.1) is 11.3 Å². The number of halogens is 1. The molecule has 1 aromatic heterocycles. The molecule has 0 unspecified atom stereocenters. The third-order valence-electron chi connectivity index (χ3n) is 4.16. The molecule has 0 radical (unpaired) electrons. The first-order chi connectivity index (χ1) is 15.9. The maximum atomic E-state index is 12.4. The zero-order valence-corrected chi connectivity index (χ0v) is 20.3. The Morgan fingerprint density at radius 2 is 1.79 bits per heavy atom. The second-order valence-electron chi connectivity index (χ2n) is 6.57. The summed E-state index contributed by atoms with van der Waals surface area (Å²) in [5.41, 5.74) is 5.24. The van der Waals surface area contributed by atoms with Crippen molar-refractivity contribution in [2.24, 2.45) is 10.9 Å². The molecular weight excluding hydrogens is 514 g/mol. The molecule has 0 fully saturated rings. The van der Waals surface area contributed by atoms with E-state index in [1.54, 1.807) is 0 Å². The quantitative estimate of drug-likeness (QED) is 0.295. The predicted octanol–water partition coefficient (Wildman–Crippen LogP) is 1.05. The minimum Gasteiger partial charge on any atom is -0.460 e. The Hall–Kier alpha value is -3.04. The molecule has 0 saturated carbocycles. The van der Waals surface area contributed by atoms with Crippen LogP contribution in [0.3, 0.4) is 0 Å². The highest BCUT2D eigenvalue weighted by Gasteiger charge is 2.26. The van der Waals surface area contributed by atoms with Gasteiger partial charge in [-0.25, -0.2) is 23.1 Å². The number of hydrogen-bond donors (Lipinski definition) is 3. The van der Waals surface area contributed by atoms with Crippen molar-refractivity contribution in [2.75, 3.05) is 32.2 Å². The molecule has 2 aromatic rings. The van der Waals surface area contributed by atoms with Crippen molar-refractivity contribution >= 4 is 61.7 Å². The minimum absolute atomic E-state index is 0.0298. The number of nitrogens with one attached hydrogen (secondary N) is 1. The number of esters is 2. The van der Waals surface area contributed by atoms with E-state index in [0.29, 0.717) is 0 Å². The first-order valence-corrected chi connectivity index (χ1v) is 12.0. The maximum absolute atomic E-state index is 12.4. The molecule has 2 amide bonds. The van der Waals surface area contributed by atoms with Gasteiger partial charge in [-0.05, 0) is 30.7 Å². The Labute approximate surface area is 203 Å². The second-order valence-corrected chi connectivity index (χ2v) is 9.53. The molecule has 0 aliphatic rings. The summed E-state index contributed by atoms with van der Waals surface area (Å²) in [6.07, 6.45) is 0. The van der Waals surface area contributed by atoms with E-state index in [4.69, 9.17) is 36.7 Å². The number of hydrogen-bond acceptors (Lipinski definition) is 10. The number of primary sulfonamides is 1. The van der Waals surface area contributed by atoms with Crippen LogP contribution in [0.4, 0.5) is 5.00 Å². The van der Waals surface area contributed by atoms with Gasteiger partial charge in [-0.2, -0.15) is 0 Å². The fraction of sp³-hybridized carbons (Fsp3) is 0.263. The molecule has 0 aliphatic heterocycles. The van der Waals surface area contributed by atoms with Gasteiger partial charge < -0.3 is 25.3 Å². The lowest BCUT2D eigenvalue weighted by molar-refractivity contribution is -0.119. The molecule has 184 valence electrons. The van der Waals surface area contributed by atoms with Crippen LogP contribution in [-0.4, -0.2) is 59.1 Å². The summed E-state index contributed by atoms with van der Waals surface area (Å²) in [6.45, 7) is 0.728. The number of amides is 2. The average Bonchev–Trinajstić information content (AvgIpc) is 3.07. The first kappa shape index (κ1) is 27.2. The van der Waals surface area contributed by atoms with Crippen LogP contribution in [0.5, 0.6) is 0 Å². The second kappa shape index (κ2) is 11.4. The number of nitrogens with two attached hydrogens (primary N) is 2. The Kier molecular flexibility index (Phi) is 9.12. The van der Waals surface area contributed by atoms with E-state index < -0.39 is 45.3 Å². The van der Waals surface area contributed by atoms with Gasteiger partial charge in [0, 0.05) is 7.11 Å². The highest BCUT2D eigenvalue weighted by atomic mass is 35.5. The average molecular weight is 534 g/mol. The van der Waals surface area contributed by atoms with Crippen LogP contribution < -0.4 is 16.2 Å². The zero-order chi connectivity index (χ0) is 25.6. The number of benzene rings is 1. The lowest BCUT2D eigenvalue weighted by atomic mass is 10.1. The normalized spacial score (nSPS) is 11.1. The molecule has 2 rings (SSSR count). The molecule has 12 nitrogen and oxygen atoms in total. The van der Waals surface area contributed by atoms with E-state index >= 15 is 0 Å². The van der Waals surface area contributed by atoms with Crippen LogP contribution >= 0.6 is 22.9 Å². The summed E-state index contributed by atoms with van der Waals surface area (Å²) < 4.78 is 37.8. The van der Waals surface area contributed by atoms with Gasteiger partial charge in [0.25, 0.3) is 11.8 Å². The van der Waals surface area contributed by atoms with E-state index in [9.17, 15) is 27.6 Å². The Balaban J connectivity index is 2.15. The fourth-order valence-electron chi connectivity index (χ4n) is 2.60. The van der Waals surface area contributed by atoms with Crippen molar-refractivity contribution in [1.82, 2.24) is 0 Å². The van der Waals surface area contributed by atoms with Crippen LogP contribution in [0, 0.1) is 6.92 Å². The lowest BCUT2D eigenvalue weighted by Gasteiger charge is -2.09. The Morgan fingerprint density at radius 3 is 2.38 bits per heavy atom. The van der Waals surface area contributed by atoms with Gasteiger partial charge >= 0.3 is 11.9 Å². The van der Waals surface area contributed by atoms with Crippen molar-refractivity contribution in [3.8, 4) is 0 Å². The summed E-state index contributed by atoms with van der Waals surface area (Å²) in [5.74, 6) is -3.51. The Morgan fingerprint density at radius 1 is 1.12 bits per heavy atom. The van der Waals surface area contributed by atoms with E-state index in [1.165, 1.54) is 20.1 Å². The predicted molar refractivity (Wildman–Crippen MR) is 121 cm³/mol. The van der Waals surface area contributed by atoms with Gasteiger partial charge in [0.2, 0.25) is 10.0 Å². The summed E-state index contributed by atoms with van der Waals surface area (Å²) >= 11 is 6.52. The number of ether oxygens (including phenoxy) is 3. The van der Waals surface area contributed by atoms with Gasteiger partial charge in [0.15, 0.2) is 6.61 Å². The van der Waals surface area contributed by atoms with Gasteiger partial charge in [0.05, 0.1) is 27.6 Å². The summed E-state index contributed by atoms with van der Waals surface area (Å²) in [5, 5.41) is 7.19. The third kappa shape index (κ3) is 6.74. The van der Waals surface area contributed by atoms with E-state index in [1.807, 2.05) is 0 Å². The molecule has 34 heavy (non-hydrogen) atoms. The molecule has 1 heterocycles. The number of carbonyl (C=O) groups excluding carboxylic acids is 4. The molecule has 0 aliphatic carbocycles. The Bertz CT molecular complexity index is 1240. The van der Waals surface area contributed by atoms with Gasteiger partial charge in [-0.1, -0.05) is 11.6 Å². The first-order valence-electron chi connectivity index (χ1n) is 9.25. The summed E-state index contributed by atoms with van der Waals surface area (Å²) in [7, 11) is -2.78.